The summed E-state index contributed by atoms with van der Waals surface area (Å²) in [6.07, 6.45) is 1.66. The molecule has 1 N–H and O–H groups in total. The first-order chi connectivity index (χ1) is 9.27. The molecule has 0 atom stereocenters. The second-order valence-electron chi connectivity index (χ2n) is 4.23. The van der Waals surface area contributed by atoms with Gasteiger partial charge < -0.3 is 5.11 Å². The lowest BCUT2D eigenvalue weighted by atomic mass is 9.97. The van der Waals surface area contributed by atoms with Crippen LogP contribution in [0, 0.1) is 0 Å². The highest BCUT2D eigenvalue weighted by Gasteiger charge is 2.15. The maximum Gasteiger partial charge on any atom is 0.337 e. The molecule has 3 nitrogen and oxygen atoms in total. The smallest absolute Gasteiger partial charge is 0.337 e. The lowest BCUT2D eigenvalue weighted by Gasteiger charge is -2.09. The van der Waals surface area contributed by atoms with E-state index in [-0.39, 0.29) is 0 Å². The van der Waals surface area contributed by atoms with Gasteiger partial charge >= 0.3 is 5.97 Å². The average Bonchev–Trinajstić information content (AvgIpc) is 2.46. The van der Waals surface area contributed by atoms with Crippen LogP contribution in [-0.4, -0.2) is 16.1 Å². The number of benzene rings is 2. The van der Waals surface area contributed by atoms with Crippen LogP contribution in [0.1, 0.15) is 10.4 Å². The van der Waals surface area contributed by atoms with E-state index < -0.39 is 5.97 Å². The summed E-state index contributed by atoms with van der Waals surface area (Å²) in [7, 11) is 0. The summed E-state index contributed by atoms with van der Waals surface area (Å²) in [5.74, 6) is -0.933. The molecule has 1 heterocycles. The molecule has 1 aromatic heterocycles. The van der Waals surface area contributed by atoms with Crippen molar-refractivity contribution in [1.29, 1.82) is 0 Å². The van der Waals surface area contributed by atoms with Crippen LogP contribution in [0.2, 0.25) is 0 Å². The van der Waals surface area contributed by atoms with Crippen molar-refractivity contribution in [2.24, 2.45) is 0 Å². The SMILES string of the molecule is O=C(O)c1c(-c2ccccn2)ccc2ccccc12. The highest BCUT2D eigenvalue weighted by Crippen LogP contribution is 2.29. The first-order valence-electron chi connectivity index (χ1n) is 5.94. The summed E-state index contributed by atoms with van der Waals surface area (Å²) in [5.41, 5.74) is 1.62. The van der Waals surface area contributed by atoms with E-state index in [1.807, 2.05) is 54.6 Å². The van der Waals surface area contributed by atoms with Crippen molar-refractivity contribution in [2.45, 2.75) is 0 Å². The van der Waals surface area contributed by atoms with Gasteiger partial charge in [0, 0.05) is 11.8 Å². The van der Waals surface area contributed by atoms with E-state index in [4.69, 9.17) is 0 Å². The van der Waals surface area contributed by atoms with Crippen molar-refractivity contribution < 1.29 is 9.90 Å². The molecule has 0 unspecified atom stereocenters. The summed E-state index contributed by atoms with van der Waals surface area (Å²) in [5, 5.41) is 11.1. The summed E-state index contributed by atoms with van der Waals surface area (Å²) in [6.45, 7) is 0. The number of rotatable bonds is 2. The van der Waals surface area contributed by atoms with Gasteiger partial charge in [-0.15, -0.1) is 0 Å². The first-order valence-corrected chi connectivity index (χ1v) is 5.94. The maximum atomic E-state index is 11.6. The zero-order valence-electron chi connectivity index (χ0n) is 10.1. The molecule has 0 aliphatic carbocycles. The zero-order valence-corrected chi connectivity index (χ0v) is 10.1. The lowest BCUT2D eigenvalue weighted by molar-refractivity contribution is 0.0700. The number of carbonyl (C=O) groups is 1. The molecular formula is C16H11NO2. The summed E-state index contributed by atoms with van der Waals surface area (Å²) >= 11 is 0. The Kier molecular flexibility index (Phi) is 2.72. The summed E-state index contributed by atoms with van der Waals surface area (Å²) in [4.78, 5) is 15.8. The van der Waals surface area contributed by atoms with Crippen LogP contribution in [0.15, 0.2) is 60.8 Å². The third kappa shape index (κ3) is 1.95. The first kappa shape index (κ1) is 11.4. The molecule has 0 radical (unpaired) electrons. The van der Waals surface area contributed by atoms with Crippen molar-refractivity contribution >= 4 is 16.7 Å². The van der Waals surface area contributed by atoms with Gasteiger partial charge in [0.25, 0.3) is 0 Å². The van der Waals surface area contributed by atoms with E-state index >= 15 is 0 Å². The minimum atomic E-state index is -0.933. The van der Waals surface area contributed by atoms with Crippen LogP contribution < -0.4 is 0 Å². The second-order valence-corrected chi connectivity index (χ2v) is 4.23. The summed E-state index contributed by atoms with van der Waals surface area (Å²) in [6, 6.07) is 16.7. The van der Waals surface area contributed by atoms with Crippen molar-refractivity contribution in [3.05, 3.63) is 66.4 Å². The molecule has 0 aliphatic rings. The molecule has 0 fully saturated rings. The predicted molar refractivity (Wildman–Crippen MR) is 74.1 cm³/mol. The van der Waals surface area contributed by atoms with Crippen LogP contribution in [0.25, 0.3) is 22.0 Å². The molecule has 3 heteroatoms. The molecule has 3 aromatic rings. The molecule has 92 valence electrons. The average molecular weight is 249 g/mol. The van der Waals surface area contributed by atoms with Crippen molar-refractivity contribution in [1.82, 2.24) is 4.98 Å². The molecule has 0 aliphatic heterocycles. The predicted octanol–water partition coefficient (Wildman–Crippen LogP) is 3.60. The third-order valence-corrected chi connectivity index (χ3v) is 3.08. The topological polar surface area (TPSA) is 50.2 Å². The van der Waals surface area contributed by atoms with Gasteiger partial charge in [0.1, 0.15) is 0 Å². The number of hydrogen-bond donors (Lipinski definition) is 1. The minimum Gasteiger partial charge on any atom is -0.478 e. The maximum absolute atomic E-state index is 11.6. The fourth-order valence-electron chi connectivity index (χ4n) is 2.24. The molecule has 0 saturated carbocycles. The highest BCUT2D eigenvalue weighted by atomic mass is 16.4. The second kappa shape index (κ2) is 4.53. The third-order valence-electron chi connectivity index (χ3n) is 3.08. The zero-order chi connectivity index (χ0) is 13.2. The number of carboxylic acids is 1. The molecule has 0 saturated heterocycles. The van der Waals surface area contributed by atoms with Gasteiger partial charge in [-0.05, 0) is 22.9 Å². The van der Waals surface area contributed by atoms with Gasteiger partial charge in [-0.1, -0.05) is 42.5 Å². The van der Waals surface area contributed by atoms with Gasteiger partial charge in [0.15, 0.2) is 0 Å². The van der Waals surface area contributed by atoms with Crippen LogP contribution in [0.4, 0.5) is 0 Å². The summed E-state index contributed by atoms with van der Waals surface area (Å²) < 4.78 is 0. The molecule has 0 bridgehead atoms. The van der Waals surface area contributed by atoms with Gasteiger partial charge in [0.05, 0.1) is 11.3 Å². The molecule has 3 rings (SSSR count). The van der Waals surface area contributed by atoms with Gasteiger partial charge in [-0.3, -0.25) is 4.98 Å². The van der Waals surface area contributed by atoms with Crippen molar-refractivity contribution in [3.8, 4) is 11.3 Å². The van der Waals surface area contributed by atoms with E-state index in [1.165, 1.54) is 0 Å². The van der Waals surface area contributed by atoms with Crippen molar-refractivity contribution in [3.63, 3.8) is 0 Å². The Hall–Kier alpha value is -2.68. The number of fused-ring (bicyclic) bond motifs is 1. The van der Waals surface area contributed by atoms with E-state index in [9.17, 15) is 9.90 Å². The number of pyridine rings is 1. The van der Waals surface area contributed by atoms with E-state index in [2.05, 4.69) is 4.98 Å². The fourth-order valence-corrected chi connectivity index (χ4v) is 2.24. The Labute approximate surface area is 110 Å². The van der Waals surface area contributed by atoms with E-state index in [0.717, 1.165) is 10.8 Å². The van der Waals surface area contributed by atoms with Gasteiger partial charge in [-0.2, -0.15) is 0 Å². The van der Waals surface area contributed by atoms with Gasteiger partial charge in [0.2, 0.25) is 0 Å². The Morgan fingerprint density at radius 1 is 0.947 bits per heavy atom. The fraction of sp³-hybridized carbons (Fsp3) is 0. The van der Waals surface area contributed by atoms with Crippen molar-refractivity contribution in [2.75, 3.05) is 0 Å². The number of nitrogens with zero attached hydrogens (tertiary/aromatic N) is 1. The van der Waals surface area contributed by atoms with E-state index in [1.54, 1.807) is 6.20 Å². The minimum absolute atomic E-state index is 0.303. The van der Waals surface area contributed by atoms with E-state index in [0.29, 0.717) is 16.8 Å². The van der Waals surface area contributed by atoms with Gasteiger partial charge in [-0.25, -0.2) is 4.79 Å². The molecule has 19 heavy (non-hydrogen) atoms. The number of carboxylic acid groups (broad SMARTS) is 1. The number of aromatic carboxylic acids is 1. The monoisotopic (exact) mass is 249 g/mol. The molecule has 2 aromatic carbocycles. The number of hydrogen-bond acceptors (Lipinski definition) is 2. The Morgan fingerprint density at radius 2 is 1.74 bits per heavy atom. The Balaban J connectivity index is 2.37. The standard InChI is InChI=1S/C16H11NO2/c18-16(19)15-12-6-2-1-5-11(12)8-9-13(15)14-7-3-4-10-17-14/h1-10H,(H,18,19). The largest absolute Gasteiger partial charge is 0.478 e. The lowest BCUT2D eigenvalue weighted by Crippen LogP contribution is -2.01. The van der Waals surface area contributed by atoms with Crippen LogP contribution in [-0.2, 0) is 0 Å². The molecule has 0 amide bonds. The Morgan fingerprint density at radius 3 is 2.47 bits per heavy atom. The van der Waals surface area contributed by atoms with Crippen LogP contribution in [0.3, 0.4) is 0 Å². The number of aromatic nitrogens is 1. The highest BCUT2D eigenvalue weighted by molar-refractivity contribution is 6.09. The van der Waals surface area contributed by atoms with Crippen LogP contribution in [0.5, 0.6) is 0 Å². The normalized spacial score (nSPS) is 10.5. The van der Waals surface area contributed by atoms with Crippen LogP contribution >= 0.6 is 0 Å². The molecule has 0 spiro atoms. The quantitative estimate of drug-likeness (QED) is 0.754. The Bertz CT molecular complexity index is 751. The molecular weight excluding hydrogens is 238 g/mol.